The molecule has 3 rings (SSSR count). The molecule has 1 aliphatic rings. The summed E-state index contributed by atoms with van der Waals surface area (Å²) in [6.07, 6.45) is -1.37. The summed E-state index contributed by atoms with van der Waals surface area (Å²) in [5, 5.41) is 19.3. The normalized spacial score (nSPS) is 28.1. The lowest BCUT2D eigenvalue weighted by Crippen LogP contribution is -2.28. The Morgan fingerprint density at radius 2 is 2.11 bits per heavy atom. The molecule has 1 saturated heterocycles. The van der Waals surface area contributed by atoms with Gasteiger partial charge in [-0.05, 0) is 11.6 Å². The molecule has 1 fully saturated rings. The molecule has 9 heteroatoms. The van der Waals surface area contributed by atoms with Crippen LogP contribution >= 0.6 is 23.2 Å². The first-order valence-electron chi connectivity index (χ1n) is 5.11. The highest BCUT2D eigenvalue weighted by Crippen LogP contribution is 2.29. The molecule has 0 aliphatic carbocycles. The minimum absolute atomic E-state index is 0.0257. The van der Waals surface area contributed by atoms with Gasteiger partial charge in [0.15, 0.2) is 17.0 Å². The van der Waals surface area contributed by atoms with Crippen molar-refractivity contribution >= 4 is 34.4 Å². The molecule has 0 amide bonds. The molecule has 0 saturated carbocycles. The van der Waals surface area contributed by atoms with Crippen molar-refractivity contribution in [3.05, 3.63) is 16.8 Å². The molecule has 2 aromatic rings. The van der Waals surface area contributed by atoms with Crippen LogP contribution in [0.25, 0.3) is 11.2 Å². The first-order chi connectivity index (χ1) is 8.58. The van der Waals surface area contributed by atoms with E-state index in [9.17, 15) is 10.2 Å². The molecule has 96 valence electrons. The number of aromatic nitrogens is 4. The number of aliphatic hydroxyl groups is 2. The maximum atomic E-state index is 9.79. The van der Waals surface area contributed by atoms with Crippen molar-refractivity contribution in [3.63, 3.8) is 0 Å². The third-order valence-corrected chi connectivity index (χ3v) is 3.18. The molecule has 0 bridgehead atoms. The number of hydrogen-bond donors (Lipinski definition) is 2. The van der Waals surface area contributed by atoms with Crippen molar-refractivity contribution < 1.29 is 14.9 Å². The van der Waals surface area contributed by atoms with Crippen LogP contribution < -0.4 is 0 Å². The van der Waals surface area contributed by atoms with Crippen LogP contribution in [0.15, 0.2) is 6.33 Å². The first kappa shape index (κ1) is 12.1. The smallest absolute Gasteiger partial charge is 0.225 e. The number of rotatable bonds is 1. The van der Waals surface area contributed by atoms with Gasteiger partial charge in [-0.2, -0.15) is 4.98 Å². The van der Waals surface area contributed by atoms with Crippen LogP contribution in [0, 0.1) is 0 Å². The minimum Gasteiger partial charge on any atom is -0.388 e. The van der Waals surface area contributed by atoms with Crippen LogP contribution in [0.1, 0.15) is 6.23 Å². The molecule has 1 aliphatic heterocycles. The first-order valence-corrected chi connectivity index (χ1v) is 5.87. The highest BCUT2D eigenvalue weighted by atomic mass is 35.5. The SMILES string of the molecule is O[C@@H]1[C@H](O)CO[C@H]1n1cnc2c(Cl)nc(Cl)nc21. The predicted molar refractivity (Wildman–Crippen MR) is 62.3 cm³/mol. The van der Waals surface area contributed by atoms with E-state index >= 15 is 0 Å². The van der Waals surface area contributed by atoms with E-state index in [0.29, 0.717) is 11.2 Å². The van der Waals surface area contributed by atoms with E-state index in [4.69, 9.17) is 27.9 Å². The van der Waals surface area contributed by atoms with Gasteiger partial charge in [0.2, 0.25) is 5.28 Å². The Kier molecular flexibility index (Phi) is 2.87. The molecule has 7 nitrogen and oxygen atoms in total. The quantitative estimate of drug-likeness (QED) is 0.583. The Balaban J connectivity index is 2.13. The van der Waals surface area contributed by atoms with E-state index in [0.717, 1.165) is 0 Å². The van der Waals surface area contributed by atoms with Crippen molar-refractivity contribution in [3.8, 4) is 0 Å². The van der Waals surface area contributed by atoms with Gasteiger partial charge in [-0.15, -0.1) is 0 Å². The molecule has 0 unspecified atom stereocenters. The topological polar surface area (TPSA) is 93.3 Å². The number of nitrogens with zero attached hydrogens (tertiary/aromatic N) is 4. The Morgan fingerprint density at radius 1 is 1.33 bits per heavy atom. The molecule has 2 N–H and O–H groups in total. The molecule has 2 aromatic heterocycles. The highest BCUT2D eigenvalue weighted by Gasteiger charge is 2.37. The molecule has 0 spiro atoms. The highest BCUT2D eigenvalue weighted by molar-refractivity contribution is 6.35. The summed E-state index contributed by atoms with van der Waals surface area (Å²) in [6.45, 7) is 0.0397. The number of fused-ring (bicyclic) bond motifs is 1. The van der Waals surface area contributed by atoms with Gasteiger partial charge in [0.05, 0.1) is 12.9 Å². The van der Waals surface area contributed by atoms with Gasteiger partial charge >= 0.3 is 0 Å². The molecule has 0 aromatic carbocycles. The lowest BCUT2D eigenvalue weighted by Gasteiger charge is -2.16. The van der Waals surface area contributed by atoms with Gasteiger partial charge in [0.1, 0.15) is 17.7 Å². The number of ether oxygens (including phenoxy) is 1. The minimum atomic E-state index is -1.06. The van der Waals surface area contributed by atoms with Crippen LogP contribution in [0.5, 0.6) is 0 Å². The van der Waals surface area contributed by atoms with E-state index in [1.165, 1.54) is 10.9 Å². The van der Waals surface area contributed by atoms with Gasteiger partial charge in [-0.25, -0.2) is 9.97 Å². The fourth-order valence-electron chi connectivity index (χ4n) is 1.87. The van der Waals surface area contributed by atoms with Gasteiger partial charge in [-0.1, -0.05) is 11.6 Å². The van der Waals surface area contributed by atoms with E-state index in [1.807, 2.05) is 0 Å². The van der Waals surface area contributed by atoms with Crippen LogP contribution in [0.2, 0.25) is 10.4 Å². The lowest BCUT2D eigenvalue weighted by atomic mass is 10.2. The van der Waals surface area contributed by atoms with Crippen molar-refractivity contribution in [1.82, 2.24) is 19.5 Å². The van der Waals surface area contributed by atoms with Crippen LogP contribution in [-0.4, -0.2) is 48.5 Å². The maximum Gasteiger partial charge on any atom is 0.225 e. The zero-order chi connectivity index (χ0) is 12.9. The third-order valence-electron chi connectivity index (χ3n) is 2.75. The molecule has 3 atom stereocenters. The second-order valence-electron chi connectivity index (χ2n) is 3.89. The summed E-state index contributed by atoms with van der Waals surface area (Å²) >= 11 is 11.6. The molecule has 18 heavy (non-hydrogen) atoms. The van der Waals surface area contributed by atoms with E-state index in [2.05, 4.69) is 15.0 Å². The fraction of sp³-hybridized carbons (Fsp3) is 0.444. The number of aliphatic hydroxyl groups excluding tert-OH is 2. The van der Waals surface area contributed by atoms with E-state index in [-0.39, 0.29) is 17.0 Å². The fourth-order valence-corrected chi connectivity index (χ4v) is 2.29. The molecular weight excluding hydrogens is 283 g/mol. The van der Waals surface area contributed by atoms with Crippen molar-refractivity contribution in [2.75, 3.05) is 6.61 Å². The van der Waals surface area contributed by atoms with Crippen LogP contribution in [0.3, 0.4) is 0 Å². The van der Waals surface area contributed by atoms with Gasteiger partial charge in [0, 0.05) is 0 Å². The predicted octanol–water partition coefficient (Wildman–Crippen LogP) is 0.384. The Bertz CT molecular complexity index is 605. The van der Waals surface area contributed by atoms with Crippen molar-refractivity contribution in [1.29, 1.82) is 0 Å². The molecule has 3 heterocycles. The number of halogens is 2. The molecule has 0 radical (unpaired) electrons. The van der Waals surface area contributed by atoms with Gasteiger partial charge < -0.3 is 14.9 Å². The summed E-state index contributed by atoms with van der Waals surface area (Å²) in [4.78, 5) is 11.8. The summed E-state index contributed by atoms with van der Waals surface area (Å²) in [5.41, 5.74) is 0.705. The monoisotopic (exact) mass is 290 g/mol. The average Bonchev–Trinajstić information content (AvgIpc) is 2.85. The zero-order valence-electron chi connectivity index (χ0n) is 8.86. The number of hydrogen-bond acceptors (Lipinski definition) is 6. The van der Waals surface area contributed by atoms with Crippen LogP contribution in [0.4, 0.5) is 0 Å². The Hall–Kier alpha value is -0.990. The van der Waals surface area contributed by atoms with Gasteiger partial charge in [-0.3, -0.25) is 4.57 Å². The lowest BCUT2D eigenvalue weighted by molar-refractivity contribution is -0.0162. The van der Waals surface area contributed by atoms with Crippen molar-refractivity contribution in [2.24, 2.45) is 0 Å². The average molecular weight is 291 g/mol. The second-order valence-corrected chi connectivity index (χ2v) is 4.59. The zero-order valence-corrected chi connectivity index (χ0v) is 10.4. The second kappa shape index (κ2) is 4.29. The summed E-state index contributed by atoms with van der Waals surface area (Å²) < 4.78 is 6.75. The standard InChI is InChI=1S/C9H8Cl2N4O3/c10-6-4-7(14-9(11)13-6)15(2-12-4)8-5(17)3(16)1-18-8/h2-3,5,8,16-17H,1H2/t3-,5-,8-/m1/s1. The largest absolute Gasteiger partial charge is 0.388 e. The summed E-state index contributed by atoms with van der Waals surface area (Å²) in [6, 6.07) is 0. The van der Waals surface area contributed by atoms with E-state index < -0.39 is 18.4 Å². The summed E-state index contributed by atoms with van der Waals surface area (Å²) in [7, 11) is 0. The van der Waals surface area contributed by atoms with E-state index in [1.54, 1.807) is 0 Å². The third kappa shape index (κ3) is 1.75. The Morgan fingerprint density at radius 3 is 2.78 bits per heavy atom. The van der Waals surface area contributed by atoms with Crippen LogP contribution in [-0.2, 0) is 4.74 Å². The number of imidazole rings is 1. The molecular formula is C9H8Cl2N4O3. The Labute approximate surface area is 111 Å². The van der Waals surface area contributed by atoms with Gasteiger partial charge in [0.25, 0.3) is 0 Å². The van der Waals surface area contributed by atoms with Crippen molar-refractivity contribution in [2.45, 2.75) is 18.4 Å². The maximum absolute atomic E-state index is 9.79. The summed E-state index contributed by atoms with van der Waals surface area (Å²) in [5.74, 6) is 0.